The number of para-hydroxylation sites is 1. The number of carbonyl (C=O) groups excluding carboxylic acids is 2. The number of hydrogen-bond donors (Lipinski definition) is 2. The number of hydrogen-bond acceptors (Lipinski definition) is 8. The van der Waals surface area contributed by atoms with Crippen molar-refractivity contribution < 1.29 is 23.9 Å². The lowest BCUT2D eigenvalue weighted by Gasteiger charge is -2.26. The topological polar surface area (TPSA) is 135 Å². The molecule has 43 heavy (non-hydrogen) atoms. The van der Waals surface area contributed by atoms with E-state index in [0.29, 0.717) is 39.0 Å². The molecule has 13 heteroatoms. The molecule has 3 aromatic carbocycles. The van der Waals surface area contributed by atoms with Gasteiger partial charge in [-0.05, 0) is 66.1 Å². The van der Waals surface area contributed by atoms with Gasteiger partial charge in [0.2, 0.25) is 5.91 Å². The summed E-state index contributed by atoms with van der Waals surface area (Å²) < 4.78 is 13.9. The van der Waals surface area contributed by atoms with Crippen molar-refractivity contribution >= 4 is 34.4 Å². The molecule has 218 valence electrons. The van der Waals surface area contributed by atoms with Crippen LogP contribution in [0.15, 0.2) is 66.9 Å². The zero-order valence-electron chi connectivity index (χ0n) is 23.0. The van der Waals surface area contributed by atoms with Gasteiger partial charge in [-0.1, -0.05) is 46.8 Å². The average molecular weight is 602 g/mol. The quantitative estimate of drug-likeness (QED) is 0.272. The molecule has 1 unspecified atom stereocenters. The molecular weight excluding hydrogens is 577 g/mol. The molecule has 3 heterocycles. The lowest BCUT2D eigenvalue weighted by atomic mass is 10.0. The van der Waals surface area contributed by atoms with Gasteiger partial charge in [0.25, 0.3) is 5.91 Å². The third-order valence-corrected chi connectivity index (χ3v) is 7.52. The second-order valence-corrected chi connectivity index (χ2v) is 10.6. The Morgan fingerprint density at radius 2 is 2.00 bits per heavy atom. The zero-order chi connectivity index (χ0) is 30.2. The summed E-state index contributed by atoms with van der Waals surface area (Å²) in [4.78, 5) is 43.6. The number of carbonyl (C=O) groups is 2. The molecule has 0 spiro atoms. The van der Waals surface area contributed by atoms with Gasteiger partial charge < -0.3 is 20.2 Å². The fourth-order valence-electron chi connectivity index (χ4n) is 5.01. The molecule has 2 N–H and O–H groups in total. The van der Waals surface area contributed by atoms with Crippen LogP contribution in [0.1, 0.15) is 40.0 Å². The van der Waals surface area contributed by atoms with E-state index in [0.717, 1.165) is 5.56 Å². The number of nitrogens with zero attached hydrogens (tertiary/aromatic N) is 6. The Labute approximate surface area is 249 Å². The van der Waals surface area contributed by atoms with Gasteiger partial charge in [-0.2, -0.15) is 4.98 Å². The lowest BCUT2D eigenvalue weighted by molar-refractivity contribution is -0.126. The Kier molecular flexibility index (Phi) is 7.46. The predicted molar refractivity (Wildman–Crippen MR) is 154 cm³/mol. The first-order chi connectivity index (χ1) is 20.7. The summed E-state index contributed by atoms with van der Waals surface area (Å²) in [5.74, 6) is -1.30. The molecule has 6 rings (SSSR count). The number of benzene rings is 3. The number of rotatable bonds is 8. The molecule has 0 aliphatic carbocycles. The number of nitrogens with one attached hydrogen (secondary N) is 1. The van der Waals surface area contributed by atoms with E-state index in [-0.39, 0.29) is 23.5 Å². The first kappa shape index (κ1) is 28.2. The lowest BCUT2D eigenvalue weighted by Crippen LogP contribution is -2.46. The highest BCUT2D eigenvalue weighted by Gasteiger charge is 2.35. The number of aryl methyl sites for hydroxylation is 1. The molecule has 2 atom stereocenters. The van der Waals surface area contributed by atoms with E-state index < -0.39 is 30.4 Å². The van der Waals surface area contributed by atoms with Crippen molar-refractivity contribution in [3.8, 4) is 17.3 Å². The average Bonchev–Trinajstić information content (AvgIpc) is 3.56. The van der Waals surface area contributed by atoms with Crippen LogP contribution < -0.4 is 10.2 Å². The summed E-state index contributed by atoms with van der Waals surface area (Å²) in [7, 11) is 0. The highest BCUT2D eigenvalue weighted by atomic mass is 35.5. The second kappa shape index (κ2) is 11.4. The Morgan fingerprint density at radius 3 is 2.79 bits per heavy atom. The summed E-state index contributed by atoms with van der Waals surface area (Å²) in [6.45, 7) is 3.10. The number of fused-ring (bicyclic) bond motifs is 2. The van der Waals surface area contributed by atoms with Crippen molar-refractivity contribution in [3.63, 3.8) is 0 Å². The number of aromatic nitrogens is 5. The molecule has 0 radical (unpaired) electrons. The van der Waals surface area contributed by atoms with E-state index in [1.165, 1.54) is 28.1 Å². The maximum atomic E-state index is 13.9. The van der Waals surface area contributed by atoms with Crippen molar-refractivity contribution in [2.45, 2.75) is 32.5 Å². The SMILES string of the molecule is Cc1cc(F)cc([C@@H](CO)NC(=O)C(C)N2Cc3ccc(-c4nc(On5nnc6ccccc65)ncc4Cl)cc3C2=O)c1. The van der Waals surface area contributed by atoms with Gasteiger partial charge in [0.1, 0.15) is 22.9 Å². The van der Waals surface area contributed by atoms with E-state index in [4.69, 9.17) is 16.4 Å². The van der Waals surface area contributed by atoms with E-state index >= 15 is 0 Å². The van der Waals surface area contributed by atoms with Crippen LogP contribution in [0.3, 0.4) is 0 Å². The minimum absolute atomic E-state index is 0.0271. The Morgan fingerprint density at radius 1 is 1.19 bits per heavy atom. The van der Waals surface area contributed by atoms with Gasteiger partial charge in [0, 0.05) is 17.7 Å². The molecule has 1 aliphatic rings. The largest absolute Gasteiger partial charge is 0.394 e. The molecule has 0 bridgehead atoms. The summed E-state index contributed by atoms with van der Waals surface area (Å²) in [5, 5.41) is 20.9. The molecular formula is C30H25ClFN7O4. The Balaban J connectivity index is 1.20. The van der Waals surface area contributed by atoms with Gasteiger partial charge in [-0.3, -0.25) is 9.59 Å². The molecule has 0 saturated heterocycles. The third kappa shape index (κ3) is 5.49. The second-order valence-electron chi connectivity index (χ2n) is 10.2. The highest BCUT2D eigenvalue weighted by molar-refractivity contribution is 6.32. The van der Waals surface area contributed by atoms with E-state index in [9.17, 15) is 19.1 Å². The smallest absolute Gasteiger partial charge is 0.346 e. The number of aliphatic hydroxyl groups is 1. The fraction of sp³-hybridized carbons (Fsp3) is 0.200. The first-order valence-corrected chi connectivity index (χ1v) is 13.7. The summed E-state index contributed by atoms with van der Waals surface area (Å²) in [6, 6.07) is 15.0. The minimum atomic E-state index is -0.868. The maximum Gasteiger partial charge on any atom is 0.346 e. The van der Waals surface area contributed by atoms with Gasteiger partial charge in [0.05, 0.1) is 29.6 Å². The van der Waals surface area contributed by atoms with Crippen molar-refractivity contribution in [1.82, 2.24) is 35.3 Å². The van der Waals surface area contributed by atoms with Crippen LogP contribution in [0, 0.1) is 12.7 Å². The van der Waals surface area contributed by atoms with Crippen LogP contribution in [-0.2, 0) is 11.3 Å². The van der Waals surface area contributed by atoms with Crippen molar-refractivity contribution in [2.75, 3.05) is 6.61 Å². The molecule has 2 amide bonds. The van der Waals surface area contributed by atoms with Gasteiger partial charge in [-0.15, -0.1) is 5.10 Å². The van der Waals surface area contributed by atoms with Crippen LogP contribution in [0.5, 0.6) is 6.01 Å². The van der Waals surface area contributed by atoms with Crippen LogP contribution >= 0.6 is 11.6 Å². The minimum Gasteiger partial charge on any atom is -0.394 e. The number of aliphatic hydroxyl groups excluding tert-OH is 1. The van der Waals surface area contributed by atoms with Gasteiger partial charge in [-0.25, -0.2) is 9.37 Å². The van der Waals surface area contributed by atoms with Gasteiger partial charge in [0.15, 0.2) is 0 Å². The van der Waals surface area contributed by atoms with Crippen molar-refractivity contribution in [2.24, 2.45) is 0 Å². The van der Waals surface area contributed by atoms with E-state index in [1.54, 1.807) is 50.2 Å². The molecule has 5 aromatic rings. The van der Waals surface area contributed by atoms with Crippen molar-refractivity contribution in [1.29, 1.82) is 0 Å². The van der Waals surface area contributed by atoms with Crippen LogP contribution in [0.25, 0.3) is 22.3 Å². The third-order valence-electron chi connectivity index (χ3n) is 7.24. The predicted octanol–water partition coefficient (Wildman–Crippen LogP) is 4.03. The molecule has 2 aromatic heterocycles. The molecule has 0 saturated carbocycles. The molecule has 1 aliphatic heterocycles. The summed E-state index contributed by atoms with van der Waals surface area (Å²) >= 11 is 6.44. The summed E-state index contributed by atoms with van der Waals surface area (Å²) in [5.41, 5.74) is 4.37. The number of halogens is 2. The number of amides is 2. The van der Waals surface area contributed by atoms with Crippen LogP contribution in [0.4, 0.5) is 4.39 Å². The van der Waals surface area contributed by atoms with Crippen LogP contribution in [0.2, 0.25) is 5.02 Å². The van der Waals surface area contributed by atoms with E-state index in [1.807, 2.05) is 12.1 Å². The van der Waals surface area contributed by atoms with Gasteiger partial charge >= 0.3 is 6.01 Å². The fourth-order valence-corrected chi connectivity index (χ4v) is 5.21. The van der Waals surface area contributed by atoms with Crippen LogP contribution in [-0.4, -0.2) is 59.6 Å². The highest BCUT2D eigenvalue weighted by Crippen LogP contribution is 2.33. The molecule has 11 nitrogen and oxygen atoms in total. The van der Waals surface area contributed by atoms with E-state index in [2.05, 4.69) is 25.6 Å². The normalized spacial score (nSPS) is 14.1. The van der Waals surface area contributed by atoms with Crippen molar-refractivity contribution in [3.05, 3.63) is 100.0 Å². The Bertz CT molecular complexity index is 1860. The summed E-state index contributed by atoms with van der Waals surface area (Å²) in [6.07, 6.45) is 1.39. The standard InChI is InChI=1S/C30H25ClFN7O4/c1-16-9-20(11-21(32)10-16)25(15-40)34-28(41)17(2)38-14-19-8-7-18(12-22(19)29(38)42)27-23(31)13-33-30(35-27)43-39-26-6-4-3-5-24(26)36-37-39/h3-13,17,25,40H,14-15H2,1-2H3,(H,34,41)/t17?,25-/m1/s1. The Hall–Kier alpha value is -4.94. The molecule has 0 fully saturated rings. The monoisotopic (exact) mass is 601 g/mol. The first-order valence-electron chi connectivity index (χ1n) is 13.4. The maximum absolute atomic E-state index is 13.9. The zero-order valence-corrected chi connectivity index (χ0v) is 23.8.